The molecule has 0 aromatic carbocycles. The van der Waals surface area contributed by atoms with Gasteiger partial charge in [0.25, 0.3) is 5.91 Å². The topological polar surface area (TPSA) is 64.6 Å². The Kier molecular flexibility index (Phi) is 2.12. The van der Waals surface area contributed by atoms with Crippen molar-refractivity contribution in [3.05, 3.63) is 10.3 Å². The molecule has 1 aliphatic heterocycles. The third-order valence-corrected chi connectivity index (χ3v) is 2.69. The van der Waals surface area contributed by atoms with Crippen LogP contribution >= 0.6 is 11.3 Å². The van der Waals surface area contributed by atoms with Crippen LogP contribution in [-0.4, -0.2) is 25.6 Å². The third-order valence-electron chi connectivity index (χ3n) is 1.75. The molecule has 0 saturated carbocycles. The predicted molar refractivity (Wildman–Crippen MR) is 49.8 cm³/mol. The van der Waals surface area contributed by atoms with Crippen LogP contribution in [0.15, 0.2) is 5.38 Å². The second kappa shape index (κ2) is 3.30. The molecule has 0 fully saturated rings. The number of amides is 1. The molecule has 0 radical (unpaired) electrons. The molecule has 1 aromatic rings. The zero-order valence-electron chi connectivity index (χ0n) is 7.33. The van der Waals surface area contributed by atoms with Crippen LogP contribution in [0.25, 0.3) is 0 Å². The monoisotopic (exact) mass is 213 g/mol. The van der Waals surface area contributed by atoms with Gasteiger partial charge in [0.2, 0.25) is 0 Å². The molecule has 5 nitrogen and oxygen atoms in total. The summed E-state index contributed by atoms with van der Waals surface area (Å²) in [7, 11) is 1.29. The smallest absolute Gasteiger partial charge is 0.350 e. The quantitative estimate of drug-likeness (QED) is 0.703. The minimum absolute atomic E-state index is 0.00958. The molecule has 1 aliphatic rings. The average Bonchev–Trinajstić information content (AvgIpc) is 2.59. The average molecular weight is 213 g/mol. The first-order valence-electron chi connectivity index (χ1n) is 3.85. The number of anilines is 1. The van der Waals surface area contributed by atoms with Crippen molar-refractivity contribution in [2.24, 2.45) is 0 Å². The van der Waals surface area contributed by atoms with Crippen LogP contribution in [0.4, 0.5) is 5.69 Å². The molecule has 1 aromatic heterocycles. The molecular formula is C8H7NO4S. The Labute approximate surface area is 83.6 Å². The van der Waals surface area contributed by atoms with E-state index in [1.165, 1.54) is 18.4 Å². The molecule has 2 heterocycles. The largest absolute Gasteiger partial charge is 0.481 e. The van der Waals surface area contributed by atoms with Gasteiger partial charge < -0.3 is 14.8 Å². The maximum absolute atomic E-state index is 11.2. The van der Waals surface area contributed by atoms with Crippen LogP contribution < -0.4 is 10.1 Å². The SMILES string of the molecule is COC(=O)c1scc2c1NC(=O)CO2. The molecule has 0 bridgehead atoms. The number of esters is 1. The van der Waals surface area contributed by atoms with Gasteiger partial charge in [-0.05, 0) is 0 Å². The number of nitrogens with one attached hydrogen (secondary N) is 1. The highest BCUT2D eigenvalue weighted by Gasteiger charge is 2.25. The number of methoxy groups -OCH3 is 1. The van der Waals surface area contributed by atoms with Crippen LogP contribution in [0.5, 0.6) is 5.75 Å². The van der Waals surface area contributed by atoms with E-state index in [9.17, 15) is 9.59 Å². The number of rotatable bonds is 1. The van der Waals surface area contributed by atoms with E-state index in [1.54, 1.807) is 5.38 Å². The zero-order valence-corrected chi connectivity index (χ0v) is 8.14. The van der Waals surface area contributed by atoms with E-state index in [0.29, 0.717) is 16.3 Å². The minimum atomic E-state index is -0.470. The van der Waals surface area contributed by atoms with E-state index in [1.807, 2.05) is 0 Å². The number of carbonyl (C=O) groups excluding carboxylic acids is 2. The standard InChI is InChI=1S/C8H7NO4S/c1-12-8(11)7-6-4(3-14-7)13-2-5(10)9-6/h3H,2H2,1H3,(H,9,10). The van der Waals surface area contributed by atoms with Gasteiger partial charge in [0.1, 0.15) is 10.6 Å². The fourth-order valence-electron chi connectivity index (χ4n) is 1.13. The van der Waals surface area contributed by atoms with Gasteiger partial charge in [-0.15, -0.1) is 11.3 Å². The van der Waals surface area contributed by atoms with E-state index in [2.05, 4.69) is 10.1 Å². The van der Waals surface area contributed by atoms with Crippen molar-refractivity contribution >= 4 is 28.9 Å². The van der Waals surface area contributed by atoms with E-state index < -0.39 is 5.97 Å². The molecule has 74 valence electrons. The Morgan fingerprint density at radius 2 is 2.50 bits per heavy atom. The number of hydrogen-bond donors (Lipinski definition) is 1. The van der Waals surface area contributed by atoms with Crippen molar-refractivity contribution in [3.63, 3.8) is 0 Å². The highest BCUT2D eigenvalue weighted by Crippen LogP contribution is 2.37. The van der Waals surface area contributed by atoms with E-state index in [-0.39, 0.29) is 12.5 Å². The number of ether oxygens (including phenoxy) is 2. The van der Waals surface area contributed by atoms with E-state index in [4.69, 9.17) is 4.74 Å². The van der Waals surface area contributed by atoms with Gasteiger partial charge in [0.15, 0.2) is 12.4 Å². The summed E-state index contributed by atoms with van der Waals surface area (Å²) in [4.78, 5) is 22.6. The van der Waals surface area contributed by atoms with Crippen molar-refractivity contribution in [2.45, 2.75) is 0 Å². The molecule has 14 heavy (non-hydrogen) atoms. The van der Waals surface area contributed by atoms with Crippen LogP contribution in [0.2, 0.25) is 0 Å². The lowest BCUT2D eigenvalue weighted by atomic mass is 10.3. The highest BCUT2D eigenvalue weighted by molar-refractivity contribution is 7.13. The molecule has 1 amide bonds. The molecule has 0 atom stereocenters. The van der Waals surface area contributed by atoms with Crippen LogP contribution in [-0.2, 0) is 9.53 Å². The number of carbonyl (C=O) groups is 2. The molecule has 0 aliphatic carbocycles. The Hall–Kier alpha value is -1.56. The maximum atomic E-state index is 11.2. The van der Waals surface area contributed by atoms with Crippen molar-refractivity contribution in [1.82, 2.24) is 0 Å². The summed E-state index contributed by atoms with van der Waals surface area (Å²) in [5.74, 6) is -0.210. The summed E-state index contributed by atoms with van der Waals surface area (Å²) < 4.78 is 9.66. The van der Waals surface area contributed by atoms with E-state index in [0.717, 1.165) is 0 Å². The fraction of sp³-hybridized carbons (Fsp3) is 0.250. The minimum Gasteiger partial charge on any atom is -0.481 e. The second-order valence-corrected chi connectivity index (χ2v) is 3.51. The Morgan fingerprint density at radius 1 is 1.71 bits per heavy atom. The lowest BCUT2D eigenvalue weighted by molar-refractivity contribution is -0.118. The third kappa shape index (κ3) is 1.33. The van der Waals surface area contributed by atoms with Crippen molar-refractivity contribution in [3.8, 4) is 5.75 Å². The van der Waals surface area contributed by atoms with Gasteiger partial charge in [0, 0.05) is 5.38 Å². The lowest BCUT2D eigenvalue weighted by Crippen LogP contribution is -2.25. The normalized spacial score (nSPS) is 13.9. The first-order chi connectivity index (χ1) is 6.72. The predicted octanol–water partition coefficient (Wildman–Crippen LogP) is 0.866. The molecule has 0 saturated heterocycles. The van der Waals surface area contributed by atoms with Gasteiger partial charge >= 0.3 is 5.97 Å². The molecule has 0 spiro atoms. The lowest BCUT2D eigenvalue weighted by Gasteiger charge is -2.14. The molecule has 0 unspecified atom stereocenters. The molecular weight excluding hydrogens is 206 g/mol. The number of hydrogen-bond acceptors (Lipinski definition) is 5. The van der Waals surface area contributed by atoms with Gasteiger partial charge in [-0.2, -0.15) is 0 Å². The van der Waals surface area contributed by atoms with Gasteiger partial charge in [-0.3, -0.25) is 4.79 Å². The van der Waals surface area contributed by atoms with Gasteiger partial charge in [0.05, 0.1) is 7.11 Å². The number of fused-ring (bicyclic) bond motifs is 1. The van der Waals surface area contributed by atoms with Crippen LogP contribution in [0, 0.1) is 0 Å². The maximum Gasteiger partial charge on any atom is 0.350 e. The number of thiophene rings is 1. The first kappa shape index (κ1) is 9.01. The Bertz CT molecular complexity index is 398. The highest BCUT2D eigenvalue weighted by atomic mass is 32.1. The van der Waals surface area contributed by atoms with Crippen molar-refractivity contribution < 1.29 is 19.1 Å². The Balaban J connectivity index is 2.40. The zero-order chi connectivity index (χ0) is 10.1. The summed E-state index contributed by atoms with van der Waals surface area (Å²) in [5.41, 5.74) is 0.415. The summed E-state index contributed by atoms with van der Waals surface area (Å²) in [5, 5.41) is 4.24. The fourth-order valence-corrected chi connectivity index (χ4v) is 1.99. The van der Waals surface area contributed by atoms with Gasteiger partial charge in [-0.25, -0.2) is 4.79 Å². The van der Waals surface area contributed by atoms with Crippen LogP contribution in [0.1, 0.15) is 9.67 Å². The first-order valence-corrected chi connectivity index (χ1v) is 4.73. The molecule has 1 N–H and O–H groups in total. The van der Waals surface area contributed by atoms with Crippen molar-refractivity contribution in [1.29, 1.82) is 0 Å². The summed E-state index contributed by atoms with van der Waals surface area (Å²) >= 11 is 1.19. The van der Waals surface area contributed by atoms with Crippen LogP contribution in [0.3, 0.4) is 0 Å². The summed E-state index contributed by atoms with van der Waals surface area (Å²) in [6.45, 7) is -0.00958. The Morgan fingerprint density at radius 3 is 3.21 bits per heavy atom. The summed E-state index contributed by atoms with van der Waals surface area (Å²) in [6.07, 6.45) is 0. The second-order valence-electron chi connectivity index (χ2n) is 2.63. The van der Waals surface area contributed by atoms with Gasteiger partial charge in [-0.1, -0.05) is 0 Å². The van der Waals surface area contributed by atoms with E-state index >= 15 is 0 Å². The van der Waals surface area contributed by atoms with Crippen molar-refractivity contribution in [2.75, 3.05) is 19.0 Å². The molecule has 6 heteroatoms. The summed E-state index contributed by atoms with van der Waals surface area (Å²) in [6, 6.07) is 0. The molecule has 2 rings (SSSR count).